The van der Waals surface area contributed by atoms with Crippen molar-refractivity contribution in [3.8, 4) is 6.07 Å². The minimum Gasteiger partial charge on any atom is -0.338 e. The molecular formula is C17H13ClF2N4O. The summed E-state index contributed by atoms with van der Waals surface area (Å²) in [6.45, 7) is 0.0523. The third-order valence-electron chi connectivity index (χ3n) is 3.89. The number of nitriles is 1. The molecule has 0 fully saturated rings. The fraction of sp³-hybridized carbons (Fsp3) is 0.176. The van der Waals surface area contributed by atoms with Crippen LogP contribution in [0, 0.1) is 11.3 Å². The summed E-state index contributed by atoms with van der Waals surface area (Å²) in [7, 11) is 0. The lowest BCUT2D eigenvalue weighted by Crippen LogP contribution is -2.41. The van der Waals surface area contributed by atoms with Gasteiger partial charge in [-0.15, -0.1) is 0 Å². The monoisotopic (exact) mass is 362 g/mol. The lowest BCUT2D eigenvalue weighted by atomic mass is 10.1. The maximum Gasteiger partial charge on any atom is 0.265 e. The van der Waals surface area contributed by atoms with Gasteiger partial charge in [0.25, 0.3) is 6.43 Å². The van der Waals surface area contributed by atoms with Crippen LogP contribution in [0.3, 0.4) is 0 Å². The minimum absolute atomic E-state index is 0.00827. The molecule has 0 radical (unpaired) electrons. The van der Waals surface area contributed by atoms with Crippen LogP contribution in [0.5, 0.6) is 0 Å². The van der Waals surface area contributed by atoms with Crippen LogP contribution in [0.4, 0.5) is 25.8 Å². The van der Waals surface area contributed by atoms with Crippen molar-refractivity contribution < 1.29 is 13.6 Å². The molecular weight excluding hydrogens is 350 g/mol. The number of fused-ring (bicyclic) bond motifs is 1. The molecule has 1 atom stereocenters. The second kappa shape index (κ2) is 6.67. The predicted molar refractivity (Wildman–Crippen MR) is 91.2 cm³/mol. The van der Waals surface area contributed by atoms with Gasteiger partial charge in [0.1, 0.15) is 6.04 Å². The molecule has 1 heterocycles. The topological polar surface area (TPSA) is 82.2 Å². The number of hydrogen-bond donors (Lipinski definition) is 2. The van der Waals surface area contributed by atoms with E-state index in [2.05, 4.69) is 5.32 Å². The molecule has 5 nitrogen and oxygen atoms in total. The predicted octanol–water partition coefficient (Wildman–Crippen LogP) is 3.57. The van der Waals surface area contributed by atoms with Crippen molar-refractivity contribution in [1.82, 2.24) is 0 Å². The van der Waals surface area contributed by atoms with Gasteiger partial charge in [0.2, 0.25) is 5.91 Å². The number of anilines is 3. The van der Waals surface area contributed by atoms with Crippen molar-refractivity contribution >= 4 is 34.6 Å². The number of amides is 1. The van der Waals surface area contributed by atoms with Crippen LogP contribution in [0.1, 0.15) is 17.6 Å². The highest BCUT2D eigenvalue weighted by Crippen LogP contribution is 2.40. The molecule has 3 N–H and O–H groups in total. The van der Waals surface area contributed by atoms with Crippen LogP contribution in [0.25, 0.3) is 0 Å². The van der Waals surface area contributed by atoms with E-state index < -0.39 is 18.4 Å². The Kier molecular flexibility index (Phi) is 4.57. The molecule has 128 valence electrons. The number of benzene rings is 2. The van der Waals surface area contributed by atoms with E-state index in [4.69, 9.17) is 22.6 Å². The van der Waals surface area contributed by atoms with E-state index in [1.807, 2.05) is 6.07 Å². The number of alkyl halides is 2. The summed E-state index contributed by atoms with van der Waals surface area (Å²) in [5.41, 5.74) is 6.76. The number of para-hydroxylation sites is 1. The zero-order valence-electron chi connectivity index (χ0n) is 12.8. The summed E-state index contributed by atoms with van der Waals surface area (Å²) in [4.78, 5) is 13.7. The Morgan fingerprint density at radius 1 is 1.36 bits per heavy atom. The number of carbonyl (C=O) groups excluding carboxylic acids is 1. The Labute approximate surface area is 147 Å². The zero-order chi connectivity index (χ0) is 18.1. The molecule has 0 saturated carbocycles. The first kappa shape index (κ1) is 17.1. The largest absolute Gasteiger partial charge is 0.338 e. The molecule has 0 bridgehead atoms. The Hall–Kier alpha value is -2.69. The molecule has 0 aromatic heterocycles. The summed E-state index contributed by atoms with van der Waals surface area (Å²) in [5, 5.41) is 11.9. The number of nitrogens with one attached hydrogen (secondary N) is 1. The Bertz CT molecular complexity index is 881. The number of nitrogens with two attached hydrogens (primary N) is 1. The molecule has 0 saturated heterocycles. The van der Waals surface area contributed by atoms with Crippen LogP contribution >= 0.6 is 11.6 Å². The molecule has 0 unspecified atom stereocenters. The molecule has 1 amide bonds. The van der Waals surface area contributed by atoms with E-state index >= 15 is 0 Å². The quantitative estimate of drug-likeness (QED) is 0.855. The number of rotatable bonds is 2. The van der Waals surface area contributed by atoms with Crippen molar-refractivity contribution in [2.75, 3.05) is 16.8 Å². The van der Waals surface area contributed by atoms with Crippen LogP contribution in [0.15, 0.2) is 36.4 Å². The van der Waals surface area contributed by atoms with Gasteiger partial charge < -0.3 is 16.0 Å². The highest BCUT2D eigenvalue weighted by Gasteiger charge is 2.29. The molecule has 25 heavy (non-hydrogen) atoms. The van der Waals surface area contributed by atoms with Gasteiger partial charge in [-0.2, -0.15) is 5.26 Å². The second-order valence-electron chi connectivity index (χ2n) is 5.56. The molecule has 2 aromatic carbocycles. The first-order chi connectivity index (χ1) is 11.9. The number of hydrogen-bond acceptors (Lipinski definition) is 4. The molecule has 8 heteroatoms. The lowest BCUT2D eigenvalue weighted by Gasteiger charge is -2.26. The van der Waals surface area contributed by atoms with E-state index in [1.54, 1.807) is 23.1 Å². The fourth-order valence-corrected chi connectivity index (χ4v) is 2.96. The van der Waals surface area contributed by atoms with Gasteiger partial charge in [-0.05, 0) is 24.3 Å². The van der Waals surface area contributed by atoms with Crippen LogP contribution in [-0.4, -0.2) is 18.5 Å². The van der Waals surface area contributed by atoms with Crippen LogP contribution in [-0.2, 0) is 4.79 Å². The van der Waals surface area contributed by atoms with E-state index in [0.29, 0.717) is 22.0 Å². The van der Waals surface area contributed by atoms with Gasteiger partial charge in [0.15, 0.2) is 0 Å². The van der Waals surface area contributed by atoms with Crippen LogP contribution in [0.2, 0.25) is 5.02 Å². The SMILES string of the molecule is N#Cc1cc(Cl)cc(N2C[C@H](N)C(=O)Nc3c(C(F)F)cccc32)c1. The van der Waals surface area contributed by atoms with Gasteiger partial charge in [-0.25, -0.2) is 8.78 Å². The Balaban J connectivity index is 2.21. The number of halogens is 3. The molecule has 3 rings (SSSR count). The van der Waals surface area contributed by atoms with E-state index in [-0.39, 0.29) is 17.8 Å². The van der Waals surface area contributed by atoms with E-state index in [9.17, 15) is 13.6 Å². The summed E-state index contributed by atoms with van der Waals surface area (Å²) in [6.07, 6.45) is -2.76. The third kappa shape index (κ3) is 3.27. The molecule has 0 spiro atoms. The van der Waals surface area contributed by atoms with Gasteiger partial charge in [-0.3, -0.25) is 4.79 Å². The first-order valence-electron chi connectivity index (χ1n) is 7.36. The maximum atomic E-state index is 13.4. The molecule has 2 aromatic rings. The highest BCUT2D eigenvalue weighted by molar-refractivity contribution is 6.31. The molecule has 1 aliphatic heterocycles. The van der Waals surface area contributed by atoms with E-state index in [1.165, 1.54) is 18.2 Å². The van der Waals surface area contributed by atoms with E-state index in [0.717, 1.165) is 0 Å². The third-order valence-corrected chi connectivity index (χ3v) is 4.11. The maximum absolute atomic E-state index is 13.4. The molecule has 0 aliphatic carbocycles. The summed E-state index contributed by atoms with van der Waals surface area (Å²) >= 11 is 6.05. The van der Waals surface area contributed by atoms with Crippen molar-refractivity contribution in [3.05, 3.63) is 52.5 Å². The van der Waals surface area contributed by atoms with Crippen molar-refractivity contribution in [2.24, 2.45) is 5.73 Å². The highest BCUT2D eigenvalue weighted by atomic mass is 35.5. The van der Waals surface area contributed by atoms with Gasteiger partial charge in [0.05, 0.1) is 23.0 Å². The number of nitrogens with zero attached hydrogens (tertiary/aromatic N) is 2. The number of carbonyl (C=O) groups is 1. The summed E-state index contributed by atoms with van der Waals surface area (Å²) in [5.74, 6) is -0.556. The van der Waals surface area contributed by atoms with Crippen molar-refractivity contribution in [2.45, 2.75) is 12.5 Å². The van der Waals surface area contributed by atoms with Crippen LogP contribution < -0.4 is 16.0 Å². The average Bonchev–Trinajstić information content (AvgIpc) is 2.70. The summed E-state index contributed by atoms with van der Waals surface area (Å²) < 4.78 is 26.7. The van der Waals surface area contributed by atoms with Crippen molar-refractivity contribution in [1.29, 1.82) is 5.26 Å². The standard InChI is InChI=1S/C17H13ClF2N4O/c18-10-4-9(7-21)5-11(6-10)24-8-13(22)17(25)23-15-12(16(19)20)2-1-3-14(15)24/h1-6,13,16H,8,22H2,(H,23,25)/t13-/m0/s1. The minimum atomic E-state index is -2.76. The average molecular weight is 363 g/mol. The lowest BCUT2D eigenvalue weighted by molar-refractivity contribution is -0.117. The van der Waals surface area contributed by atoms with Gasteiger partial charge in [-0.1, -0.05) is 23.7 Å². The second-order valence-corrected chi connectivity index (χ2v) is 5.99. The molecule has 1 aliphatic rings. The van der Waals surface area contributed by atoms with Crippen molar-refractivity contribution in [3.63, 3.8) is 0 Å². The van der Waals surface area contributed by atoms with Gasteiger partial charge >= 0.3 is 0 Å². The fourth-order valence-electron chi connectivity index (χ4n) is 2.73. The van der Waals surface area contributed by atoms with Gasteiger partial charge in [0, 0.05) is 22.8 Å². The first-order valence-corrected chi connectivity index (χ1v) is 7.74. The Morgan fingerprint density at radius 2 is 2.12 bits per heavy atom. The summed E-state index contributed by atoms with van der Waals surface area (Å²) in [6, 6.07) is 10.0. The zero-order valence-corrected chi connectivity index (χ0v) is 13.6. The normalized spacial score (nSPS) is 16.9. The smallest absolute Gasteiger partial charge is 0.265 e. The Morgan fingerprint density at radius 3 is 2.80 bits per heavy atom.